The Balaban J connectivity index is 1.93. The molecular formula is C19H19IN4O. The first-order chi connectivity index (χ1) is 12.3. The predicted octanol–water partition coefficient (Wildman–Crippen LogP) is 4.29. The number of nitrogens with one attached hydrogen (secondary N) is 2. The van der Waals surface area contributed by atoms with E-state index in [4.69, 9.17) is 5.11 Å². The zero-order valence-electron chi connectivity index (χ0n) is 13.6. The summed E-state index contributed by atoms with van der Waals surface area (Å²) in [4.78, 5) is 9.14. The van der Waals surface area contributed by atoms with E-state index in [9.17, 15) is 0 Å². The molecule has 1 aromatic heterocycles. The van der Waals surface area contributed by atoms with E-state index < -0.39 is 0 Å². The predicted molar refractivity (Wildman–Crippen MR) is 110 cm³/mol. The molecule has 2 aromatic carbocycles. The number of anilines is 3. The Bertz CT molecular complexity index is 827. The molecule has 128 valence electrons. The summed E-state index contributed by atoms with van der Waals surface area (Å²) in [7, 11) is 0. The molecule has 0 amide bonds. The topological polar surface area (TPSA) is 70.1 Å². The largest absolute Gasteiger partial charge is 0.396 e. The number of para-hydroxylation sites is 1. The zero-order valence-corrected chi connectivity index (χ0v) is 15.8. The fourth-order valence-corrected chi connectivity index (χ4v) is 2.85. The minimum absolute atomic E-state index is 0.138. The highest BCUT2D eigenvalue weighted by Crippen LogP contribution is 2.25. The minimum Gasteiger partial charge on any atom is -0.396 e. The number of aliphatic hydroxyl groups is 1. The molecule has 0 spiro atoms. The normalized spacial score (nSPS) is 10.5. The maximum Gasteiger partial charge on any atom is 0.225 e. The SMILES string of the molecule is OCCCNc1nc(Nc2ccccc2I)cc(-c2ccccc2)n1. The summed E-state index contributed by atoms with van der Waals surface area (Å²) >= 11 is 2.29. The van der Waals surface area contributed by atoms with Crippen molar-refractivity contribution in [1.82, 2.24) is 9.97 Å². The van der Waals surface area contributed by atoms with Crippen LogP contribution in [0.1, 0.15) is 6.42 Å². The molecule has 3 N–H and O–H groups in total. The minimum atomic E-state index is 0.138. The fourth-order valence-electron chi connectivity index (χ4n) is 2.33. The molecule has 3 rings (SSSR count). The van der Waals surface area contributed by atoms with Gasteiger partial charge in [0.1, 0.15) is 5.82 Å². The van der Waals surface area contributed by atoms with Crippen molar-refractivity contribution in [1.29, 1.82) is 0 Å². The molecule has 6 heteroatoms. The van der Waals surface area contributed by atoms with Crippen LogP contribution in [0.2, 0.25) is 0 Å². The lowest BCUT2D eigenvalue weighted by Gasteiger charge is -2.12. The van der Waals surface area contributed by atoms with Gasteiger partial charge in [-0.25, -0.2) is 4.98 Å². The molecule has 0 bridgehead atoms. The molecule has 0 saturated carbocycles. The number of hydrogen-bond donors (Lipinski definition) is 3. The Morgan fingerprint density at radius 2 is 1.72 bits per heavy atom. The Labute approximate surface area is 160 Å². The van der Waals surface area contributed by atoms with Gasteiger partial charge in [0.15, 0.2) is 0 Å². The van der Waals surface area contributed by atoms with E-state index in [0.29, 0.717) is 18.9 Å². The van der Waals surface area contributed by atoms with Crippen LogP contribution in [0.25, 0.3) is 11.3 Å². The fraction of sp³-hybridized carbons (Fsp3) is 0.158. The van der Waals surface area contributed by atoms with E-state index in [1.165, 1.54) is 0 Å². The van der Waals surface area contributed by atoms with E-state index in [1.54, 1.807) is 0 Å². The maximum absolute atomic E-state index is 8.96. The van der Waals surface area contributed by atoms with Crippen LogP contribution in [-0.2, 0) is 0 Å². The quantitative estimate of drug-likeness (QED) is 0.373. The van der Waals surface area contributed by atoms with E-state index in [0.717, 1.165) is 26.3 Å². The summed E-state index contributed by atoms with van der Waals surface area (Å²) in [5, 5.41) is 15.5. The van der Waals surface area contributed by atoms with Gasteiger partial charge < -0.3 is 15.7 Å². The summed E-state index contributed by atoms with van der Waals surface area (Å²) < 4.78 is 1.12. The van der Waals surface area contributed by atoms with Crippen molar-refractivity contribution in [3.05, 3.63) is 64.2 Å². The van der Waals surface area contributed by atoms with Crippen LogP contribution < -0.4 is 10.6 Å². The van der Waals surface area contributed by atoms with Gasteiger partial charge in [-0.15, -0.1) is 0 Å². The van der Waals surface area contributed by atoms with Crippen LogP contribution >= 0.6 is 22.6 Å². The molecule has 0 aliphatic carbocycles. The molecule has 0 saturated heterocycles. The van der Waals surface area contributed by atoms with E-state index in [-0.39, 0.29) is 6.61 Å². The molecule has 1 heterocycles. The van der Waals surface area contributed by atoms with Crippen molar-refractivity contribution in [3.63, 3.8) is 0 Å². The third kappa shape index (κ3) is 4.90. The molecule has 3 aromatic rings. The van der Waals surface area contributed by atoms with Gasteiger partial charge in [0.2, 0.25) is 5.95 Å². The Morgan fingerprint density at radius 3 is 2.48 bits per heavy atom. The average molecular weight is 446 g/mol. The molecule has 0 aliphatic heterocycles. The van der Waals surface area contributed by atoms with E-state index in [2.05, 4.69) is 43.2 Å². The smallest absolute Gasteiger partial charge is 0.225 e. The lowest BCUT2D eigenvalue weighted by molar-refractivity contribution is 0.292. The zero-order chi connectivity index (χ0) is 17.5. The summed E-state index contributed by atoms with van der Waals surface area (Å²) in [6, 6.07) is 20.0. The summed E-state index contributed by atoms with van der Waals surface area (Å²) in [5.74, 6) is 1.27. The van der Waals surface area contributed by atoms with Crippen LogP contribution in [0.5, 0.6) is 0 Å². The molecule has 0 unspecified atom stereocenters. The lowest BCUT2D eigenvalue weighted by Crippen LogP contribution is -2.09. The molecule has 0 aliphatic rings. The van der Waals surface area contributed by atoms with E-state index in [1.807, 2.05) is 60.7 Å². The van der Waals surface area contributed by atoms with Gasteiger partial charge in [0, 0.05) is 28.4 Å². The van der Waals surface area contributed by atoms with Gasteiger partial charge in [0.25, 0.3) is 0 Å². The average Bonchev–Trinajstić information content (AvgIpc) is 2.64. The number of nitrogens with zero attached hydrogens (tertiary/aromatic N) is 2. The maximum atomic E-state index is 8.96. The Kier molecular flexibility index (Phi) is 6.19. The second-order valence-corrected chi connectivity index (χ2v) is 6.60. The van der Waals surface area contributed by atoms with Gasteiger partial charge in [-0.2, -0.15) is 4.98 Å². The second-order valence-electron chi connectivity index (χ2n) is 5.44. The van der Waals surface area contributed by atoms with Crippen molar-refractivity contribution in [2.75, 3.05) is 23.8 Å². The Hall–Kier alpha value is -2.19. The Morgan fingerprint density at radius 1 is 0.960 bits per heavy atom. The first-order valence-corrected chi connectivity index (χ1v) is 9.15. The summed E-state index contributed by atoms with van der Waals surface area (Å²) in [6.45, 7) is 0.760. The van der Waals surface area contributed by atoms with Crippen molar-refractivity contribution in [2.24, 2.45) is 0 Å². The van der Waals surface area contributed by atoms with Crippen molar-refractivity contribution in [2.45, 2.75) is 6.42 Å². The van der Waals surface area contributed by atoms with Gasteiger partial charge >= 0.3 is 0 Å². The van der Waals surface area contributed by atoms with E-state index >= 15 is 0 Å². The number of aromatic nitrogens is 2. The van der Waals surface area contributed by atoms with Gasteiger partial charge in [-0.05, 0) is 41.1 Å². The molecule has 5 nitrogen and oxygen atoms in total. The van der Waals surface area contributed by atoms with Crippen LogP contribution in [-0.4, -0.2) is 28.2 Å². The third-order valence-corrected chi connectivity index (χ3v) is 4.49. The number of benzene rings is 2. The first-order valence-electron chi connectivity index (χ1n) is 8.07. The van der Waals surface area contributed by atoms with Gasteiger partial charge in [-0.3, -0.25) is 0 Å². The first kappa shape index (κ1) is 17.6. The number of hydrogen-bond acceptors (Lipinski definition) is 5. The molecule has 0 radical (unpaired) electrons. The van der Waals surface area contributed by atoms with Crippen molar-refractivity contribution in [3.8, 4) is 11.3 Å². The lowest BCUT2D eigenvalue weighted by atomic mass is 10.1. The van der Waals surface area contributed by atoms with Crippen LogP contribution in [0.3, 0.4) is 0 Å². The van der Waals surface area contributed by atoms with Crippen molar-refractivity contribution < 1.29 is 5.11 Å². The van der Waals surface area contributed by atoms with Crippen molar-refractivity contribution >= 4 is 40.0 Å². The number of halogens is 1. The highest BCUT2D eigenvalue weighted by atomic mass is 127. The van der Waals surface area contributed by atoms with Crippen LogP contribution in [0, 0.1) is 3.57 Å². The third-order valence-electron chi connectivity index (χ3n) is 3.55. The van der Waals surface area contributed by atoms with Crippen LogP contribution in [0.15, 0.2) is 60.7 Å². The highest BCUT2D eigenvalue weighted by Gasteiger charge is 2.08. The molecule has 0 fully saturated rings. The number of rotatable bonds is 7. The van der Waals surface area contributed by atoms with Gasteiger partial charge in [-0.1, -0.05) is 42.5 Å². The number of aliphatic hydroxyl groups excluding tert-OH is 1. The molecule has 25 heavy (non-hydrogen) atoms. The van der Waals surface area contributed by atoms with Gasteiger partial charge in [0.05, 0.1) is 11.4 Å². The second kappa shape index (κ2) is 8.77. The molecule has 0 atom stereocenters. The summed E-state index contributed by atoms with van der Waals surface area (Å²) in [5.41, 5.74) is 2.87. The monoisotopic (exact) mass is 446 g/mol. The highest BCUT2D eigenvalue weighted by molar-refractivity contribution is 14.1. The molecular weight excluding hydrogens is 427 g/mol. The standard InChI is InChI=1S/C19H19IN4O/c20-15-9-4-5-10-16(15)22-18-13-17(14-7-2-1-3-8-14)23-19(24-18)21-11-6-12-25/h1-5,7-10,13,25H,6,11-12H2,(H2,21,22,23,24). The summed E-state index contributed by atoms with van der Waals surface area (Å²) in [6.07, 6.45) is 0.651. The van der Waals surface area contributed by atoms with Crippen LogP contribution in [0.4, 0.5) is 17.5 Å².